The summed E-state index contributed by atoms with van der Waals surface area (Å²) in [6.07, 6.45) is 0. The molecule has 0 saturated heterocycles. The van der Waals surface area contributed by atoms with Crippen LogP contribution in [0.15, 0.2) is 18.2 Å². The van der Waals surface area contributed by atoms with E-state index in [0.29, 0.717) is 0 Å². The number of hydrogen-bond donors (Lipinski definition) is 1. The highest BCUT2D eigenvalue weighted by atomic mass is 19.1. The third-order valence-electron chi connectivity index (χ3n) is 1.78. The van der Waals surface area contributed by atoms with Gasteiger partial charge in [0.05, 0.1) is 19.9 Å². The lowest BCUT2D eigenvalue weighted by molar-refractivity contribution is -0.150. The van der Waals surface area contributed by atoms with Crippen LogP contribution in [0, 0.1) is 5.82 Å². The largest absolute Gasteiger partial charge is 0.494 e. The number of carbonyl (C=O) groups excluding carboxylic acids is 2. The zero-order valence-corrected chi connectivity index (χ0v) is 8.74. The van der Waals surface area contributed by atoms with Gasteiger partial charge in [-0.25, -0.2) is 9.18 Å². The van der Waals surface area contributed by atoms with Crippen LogP contribution < -0.4 is 10.1 Å². The Kier molecular flexibility index (Phi) is 3.82. The number of carbonyl (C=O) groups is 2. The zero-order chi connectivity index (χ0) is 12.1. The van der Waals surface area contributed by atoms with Crippen LogP contribution in [0.25, 0.3) is 0 Å². The second-order valence-electron chi connectivity index (χ2n) is 2.79. The maximum Gasteiger partial charge on any atom is 0.396 e. The number of nitrogens with one attached hydrogen (secondary N) is 1. The molecule has 0 atom stereocenters. The van der Waals surface area contributed by atoms with E-state index in [1.165, 1.54) is 13.2 Å². The van der Waals surface area contributed by atoms with E-state index in [9.17, 15) is 14.0 Å². The second kappa shape index (κ2) is 5.11. The Labute approximate surface area is 91.2 Å². The van der Waals surface area contributed by atoms with Crippen LogP contribution in [-0.4, -0.2) is 26.1 Å². The molecule has 1 amide bonds. The molecule has 0 aliphatic carbocycles. The Balaban J connectivity index is 2.89. The summed E-state index contributed by atoms with van der Waals surface area (Å²) in [4.78, 5) is 22.0. The van der Waals surface area contributed by atoms with Gasteiger partial charge >= 0.3 is 11.9 Å². The summed E-state index contributed by atoms with van der Waals surface area (Å²) >= 11 is 0. The number of anilines is 1. The van der Waals surface area contributed by atoms with Gasteiger partial charge in [0.2, 0.25) is 0 Å². The Hall–Kier alpha value is -2.11. The van der Waals surface area contributed by atoms with Crippen LogP contribution in [0.4, 0.5) is 10.1 Å². The molecule has 0 bridgehead atoms. The van der Waals surface area contributed by atoms with Crippen molar-refractivity contribution in [2.45, 2.75) is 0 Å². The number of rotatable bonds is 2. The molecule has 5 nitrogen and oxygen atoms in total. The summed E-state index contributed by atoms with van der Waals surface area (Å²) in [5.41, 5.74) is 0.194. The molecule has 0 saturated carbocycles. The number of benzene rings is 1. The van der Waals surface area contributed by atoms with Crippen LogP contribution >= 0.6 is 0 Å². The first-order valence-corrected chi connectivity index (χ1v) is 4.31. The fourth-order valence-electron chi connectivity index (χ4n) is 1.03. The van der Waals surface area contributed by atoms with E-state index >= 15 is 0 Å². The molecular weight excluding hydrogens is 217 g/mol. The minimum absolute atomic E-state index is 0.122. The first-order chi connectivity index (χ1) is 7.58. The van der Waals surface area contributed by atoms with Crippen LogP contribution in [0.1, 0.15) is 0 Å². The SMILES string of the molecule is COC(=O)C(=O)Nc1ccc(F)cc1OC. The molecule has 0 aliphatic rings. The molecule has 1 aromatic rings. The molecule has 0 spiro atoms. The van der Waals surface area contributed by atoms with Gasteiger partial charge < -0.3 is 14.8 Å². The summed E-state index contributed by atoms with van der Waals surface area (Å²) < 4.78 is 21.9. The maximum absolute atomic E-state index is 12.8. The third kappa shape index (κ3) is 2.69. The van der Waals surface area contributed by atoms with E-state index in [1.54, 1.807) is 0 Å². The van der Waals surface area contributed by atoms with Crippen LogP contribution in [0.5, 0.6) is 5.75 Å². The molecule has 0 aliphatic heterocycles. The highest BCUT2D eigenvalue weighted by molar-refractivity contribution is 6.37. The minimum Gasteiger partial charge on any atom is -0.494 e. The number of ether oxygens (including phenoxy) is 2. The predicted octanol–water partition coefficient (Wildman–Crippen LogP) is 0.946. The zero-order valence-electron chi connectivity index (χ0n) is 8.74. The second-order valence-corrected chi connectivity index (χ2v) is 2.79. The van der Waals surface area contributed by atoms with E-state index < -0.39 is 17.7 Å². The van der Waals surface area contributed by atoms with E-state index in [0.717, 1.165) is 19.2 Å². The van der Waals surface area contributed by atoms with Crippen LogP contribution in [-0.2, 0) is 14.3 Å². The van der Waals surface area contributed by atoms with Gasteiger partial charge in [-0.05, 0) is 12.1 Å². The normalized spacial score (nSPS) is 9.44. The third-order valence-corrected chi connectivity index (χ3v) is 1.78. The standard InChI is InChI=1S/C10H10FNO4/c1-15-8-5-6(11)3-4-7(8)12-9(13)10(14)16-2/h3-5H,1-2H3,(H,12,13). The molecule has 1 N–H and O–H groups in total. The lowest BCUT2D eigenvalue weighted by atomic mass is 10.3. The average molecular weight is 227 g/mol. The molecule has 0 unspecified atom stereocenters. The Morgan fingerprint density at radius 1 is 1.31 bits per heavy atom. The Morgan fingerprint density at radius 2 is 2.00 bits per heavy atom. The number of amides is 1. The van der Waals surface area contributed by atoms with E-state index in [4.69, 9.17) is 4.74 Å². The van der Waals surface area contributed by atoms with Gasteiger partial charge in [0.15, 0.2) is 0 Å². The fourth-order valence-corrected chi connectivity index (χ4v) is 1.03. The van der Waals surface area contributed by atoms with Gasteiger partial charge in [0.25, 0.3) is 0 Å². The highest BCUT2D eigenvalue weighted by Gasteiger charge is 2.16. The number of methoxy groups -OCH3 is 2. The molecule has 0 radical (unpaired) electrons. The molecule has 86 valence electrons. The molecule has 0 fully saturated rings. The van der Waals surface area contributed by atoms with E-state index in [2.05, 4.69) is 10.1 Å². The van der Waals surface area contributed by atoms with Crippen molar-refractivity contribution in [2.75, 3.05) is 19.5 Å². The van der Waals surface area contributed by atoms with Crippen molar-refractivity contribution in [3.05, 3.63) is 24.0 Å². The Bertz CT molecular complexity index is 419. The van der Waals surface area contributed by atoms with Gasteiger partial charge in [0.1, 0.15) is 11.6 Å². The minimum atomic E-state index is -1.04. The van der Waals surface area contributed by atoms with Crippen molar-refractivity contribution in [3.63, 3.8) is 0 Å². The fraction of sp³-hybridized carbons (Fsp3) is 0.200. The van der Waals surface area contributed by atoms with Crippen molar-refractivity contribution in [3.8, 4) is 5.75 Å². The average Bonchev–Trinajstić information content (AvgIpc) is 2.30. The molecule has 0 heterocycles. The lowest BCUT2D eigenvalue weighted by Gasteiger charge is -2.08. The van der Waals surface area contributed by atoms with Crippen molar-refractivity contribution in [2.24, 2.45) is 0 Å². The smallest absolute Gasteiger partial charge is 0.396 e. The van der Waals surface area contributed by atoms with Gasteiger partial charge in [-0.2, -0.15) is 0 Å². The highest BCUT2D eigenvalue weighted by Crippen LogP contribution is 2.24. The molecule has 0 aromatic heterocycles. The number of hydrogen-bond acceptors (Lipinski definition) is 4. The molecular formula is C10H10FNO4. The number of esters is 1. The maximum atomic E-state index is 12.8. The quantitative estimate of drug-likeness (QED) is 0.603. The van der Waals surface area contributed by atoms with E-state index in [1.807, 2.05) is 0 Å². The first kappa shape index (κ1) is 12.0. The number of halogens is 1. The van der Waals surface area contributed by atoms with Crippen LogP contribution in [0.2, 0.25) is 0 Å². The predicted molar refractivity (Wildman–Crippen MR) is 53.6 cm³/mol. The summed E-state index contributed by atoms with van der Waals surface area (Å²) in [7, 11) is 2.41. The topological polar surface area (TPSA) is 64.6 Å². The molecule has 1 rings (SSSR count). The molecule has 6 heteroatoms. The summed E-state index contributed by atoms with van der Waals surface area (Å²) in [6.45, 7) is 0. The van der Waals surface area contributed by atoms with E-state index in [-0.39, 0.29) is 11.4 Å². The monoisotopic (exact) mass is 227 g/mol. The van der Waals surface area contributed by atoms with Crippen molar-refractivity contribution < 1.29 is 23.5 Å². The Morgan fingerprint density at radius 3 is 2.56 bits per heavy atom. The van der Waals surface area contributed by atoms with Gasteiger partial charge in [-0.3, -0.25) is 4.79 Å². The van der Waals surface area contributed by atoms with Gasteiger partial charge in [-0.15, -0.1) is 0 Å². The molecule has 1 aromatic carbocycles. The first-order valence-electron chi connectivity index (χ1n) is 4.31. The summed E-state index contributed by atoms with van der Waals surface area (Å²) in [5.74, 6) is -2.37. The van der Waals surface area contributed by atoms with Crippen molar-refractivity contribution >= 4 is 17.6 Å². The van der Waals surface area contributed by atoms with Crippen molar-refractivity contribution in [1.29, 1.82) is 0 Å². The van der Waals surface area contributed by atoms with Crippen molar-refractivity contribution in [1.82, 2.24) is 0 Å². The van der Waals surface area contributed by atoms with Gasteiger partial charge in [-0.1, -0.05) is 0 Å². The molecule has 16 heavy (non-hydrogen) atoms. The van der Waals surface area contributed by atoms with Gasteiger partial charge in [0, 0.05) is 6.07 Å². The summed E-state index contributed by atoms with van der Waals surface area (Å²) in [5, 5.41) is 2.23. The van der Waals surface area contributed by atoms with Crippen LogP contribution in [0.3, 0.4) is 0 Å². The lowest BCUT2D eigenvalue weighted by Crippen LogP contribution is -2.24. The summed E-state index contributed by atoms with van der Waals surface area (Å²) in [6, 6.07) is 3.51.